The average molecular weight is 339 g/mol. The van der Waals surface area contributed by atoms with Gasteiger partial charge in [-0.05, 0) is 43.6 Å². The Morgan fingerprint density at radius 3 is 2.64 bits per heavy atom. The fourth-order valence-corrected chi connectivity index (χ4v) is 2.73. The van der Waals surface area contributed by atoms with Crippen LogP contribution in [0.4, 0.5) is 4.39 Å². The van der Waals surface area contributed by atoms with Gasteiger partial charge >= 0.3 is 0 Å². The van der Waals surface area contributed by atoms with Crippen LogP contribution in [-0.4, -0.2) is 29.4 Å². The molecule has 3 rings (SSSR count). The molecule has 0 saturated carbocycles. The van der Waals surface area contributed by atoms with Crippen LogP contribution in [0.3, 0.4) is 0 Å². The van der Waals surface area contributed by atoms with Crippen LogP contribution < -0.4 is 15.6 Å². The first-order valence-electron chi connectivity index (χ1n) is 7.74. The number of ether oxygens (including phenoxy) is 1. The van der Waals surface area contributed by atoms with Crippen LogP contribution in [0.15, 0.2) is 23.0 Å². The van der Waals surface area contributed by atoms with Gasteiger partial charge < -0.3 is 10.1 Å². The second kappa shape index (κ2) is 7.12. The number of piperidine rings is 1. The predicted octanol–water partition coefficient (Wildman–Crippen LogP) is 1.45. The van der Waals surface area contributed by atoms with Crippen LogP contribution in [-0.2, 0) is 0 Å². The van der Waals surface area contributed by atoms with Gasteiger partial charge in [0.15, 0.2) is 5.75 Å². The second-order valence-electron chi connectivity index (χ2n) is 5.59. The first kappa shape index (κ1) is 16.6. The molecule has 2 aromatic rings. The minimum absolute atomic E-state index is 0.0356. The van der Waals surface area contributed by atoms with Crippen molar-refractivity contribution in [2.24, 2.45) is 0 Å². The number of nitrogens with one attached hydrogen (secondary N) is 2. The molecule has 126 valence electrons. The fraction of sp³-hybridized carbons (Fsp3) is 0.294. The van der Waals surface area contributed by atoms with Gasteiger partial charge in [0.1, 0.15) is 24.1 Å². The lowest BCUT2D eigenvalue weighted by Crippen LogP contribution is -2.34. The first-order chi connectivity index (χ1) is 12.1. The number of hydrogen-bond donors (Lipinski definition) is 2. The SMILES string of the molecule is N#Cc1ccc(-c2c(OC3CCNCC3)c(C#N)n[nH]c2=O)cc1F. The van der Waals surface area contributed by atoms with E-state index in [0.29, 0.717) is 0 Å². The van der Waals surface area contributed by atoms with Crippen molar-refractivity contribution in [3.8, 4) is 29.0 Å². The van der Waals surface area contributed by atoms with E-state index in [0.717, 1.165) is 32.0 Å². The molecule has 1 aliphatic heterocycles. The molecule has 8 heteroatoms. The monoisotopic (exact) mass is 339 g/mol. The Kier molecular flexibility index (Phi) is 4.73. The zero-order valence-electron chi connectivity index (χ0n) is 13.2. The number of nitrogens with zero attached hydrogens (tertiary/aromatic N) is 3. The topological polar surface area (TPSA) is 115 Å². The maximum atomic E-state index is 14.0. The van der Waals surface area contributed by atoms with Crippen LogP contribution in [0.25, 0.3) is 11.1 Å². The zero-order chi connectivity index (χ0) is 17.8. The number of rotatable bonds is 3. The Bertz CT molecular complexity index is 936. The number of hydrogen-bond acceptors (Lipinski definition) is 6. The molecule has 1 fully saturated rings. The van der Waals surface area contributed by atoms with Gasteiger partial charge in [-0.15, -0.1) is 0 Å². The summed E-state index contributed by atoms with van der Waals surface area (Å²) >= 11 is 0. The third-order valence-electron chi connectivity index (χ3n) is 3.99. The van der Waals surface area contributed by atoms with E-state index in [1.54, 1.807) is 6.07 Å². The molecule has 0 aliphatic carbocycles. The standard InChI is InChI=1S/C17H14FN5O2/c18-13-7-10(1-2-11(13)8-19)15-16(14(9-20)22-23-17(15)24)25-12-3-5-21-6-4-12/h1-2,7,12,21H,3-6H2,(H,23,24). The first-order valence-corrected chi connectivity index (χ1v) is 7.74. The fourth-order valence-electron chi connectivity index (χ4n) is 2.73. The van der Waals surface area contributed by atoms with E-state index in [1.165, 1.54) is 12.1 Å². The van der Waals surface area contributed by atoms with Crippen molar-refractivity contribution in [1.82, 2.24) is 15.5 Å². The van der Waals surface area contributed by atoms with Crippen LogP contribution >= 0.6 is 0 Å². The quantitative estimate of drug-likeness (QED) is 0.875. The van der Waals surface area contributed by atoms with Gasteiger partial charge in [-0.2, -0.15) is 15.6 Å². The van der Waals surface area contributed by atoms with Crippen molar-refractivity contribution in [1.29, 1.82) is 10.5 Å². The van der Waals surface area contributed by atoms with Crippen molar-refractivity contribution in [2.45, 2.75) is 18.9 Å². The molecular formula is C17H14FN5O2. The van der Waals surface area contributed by atoms with Crippen molar-refractivity contribution in [3.63, 3.8) is 0 Å². The molecular weight excluding hydrogens is 325 g/mol. The third kappa shape index (κ3) is 3.35. The Morgan fingerprint density at radius 2 is 2.00 bits per heavy atom. The number of benzene rings is 1. The molecule has 1 aromatic carbocycles. The van der Waals surface area contributed by atoms with E-state index in [-0.39, 0.29) is 34.2 Å². The minimum atomic E-state index is -0.748. The molecule has 0 amide bonds. The molecule has 0 spiro atoms. The van der Waals surface area contributed by atoms with Crippen molar-refractivity contribution in [3.05, 3.63) is 45.6 Å². The number of aromatic nitrogens is 2. The smallest absolute Gasteiger partial charge is 0.275 e. The Hall–Kier alpha value is -3.23. The molecule has 0 radical (unpaired) electrons. The number of aromatic amines is 1. The molecule has 25 heavy (non-hydrogen) atoms. The second-order valence-corrected chi connectivity index (χ2v) is 5.59. The largest absolute Gasteiger partial charge is 0.486 e. The lowest BCUT2D eigenvalue weighted by atomic mass is 10.0. The molecule has 1 aromatic heterocycles. The number of H-pyrrole nitrogens is 1. The highest BCUT2D eigenvalue weighted by atomic mass is 19.1. The zero-order valence-corrected chi connectivity index (χ0v) is 13.2. The molecule has 2 N–H and O–H groups in total. The van der Waals surface area contributed by atoms with E-state index < -0.39 is 11.4 Å². The Morgan fingerprint density at radius 1 is 1.24 bits per heavy atom. The van der Waals surface area contributed by atoms with Crippen LogP contribution in [0.2, 0.25) is 0 Å². The van der Waals surface area contributed by atoms with E-state index >= 15 is 0 Å². The third-order valence-corrected chi connectivity index (χ3v) is 3.99. The van der Waals surface area contributed by atoms with Gasteiger partial charge in [-0.25, -0.2) is 9.49 Å². The van der Waals surface area contributed by atoms with Crippen LogP contribution in [0, 0.1) is 28.5 Å². The number of nitriles is 2. The highest BCUT2D eigenvalue weighted by Gasteiger charge is 2.23. The maximum absolute atomic E-state index is 14.0. The van der Waals surface area contributed by atoms with E-state index in [2.05, 4.69) is 15.5 Å². The summed E-state index contributed by atoms with van der Waals surface area (Å²) < 4.78 is 19.9. The lowest BCUT2D eigenvalue weighted by Gasteiger charge is -2.25. The van der Waals surface area contributed by atoms with Gasteiger partial charge in [0.05, 0.1) is 11.1 Å². The molecule has 0 bridgehead atoms. The molecule has 2 heterocycles. The summed E-state index contributed by atoms with van der Waals surface area (Å²) in [7, 11) is 0. The van der Waals surface area contributed by atoms with Gasteiger partial charge in [0.2, 0.25) is 5.69 Å². The molecule has 1 aliphatic rings. The van der Waals surface area contributed by atoms with Gasteiger partial charge in [-0.3, -0.25) is 4.79 Å². The van der Waals surface area contributed by atoms with Crippen LogP contribution in [0.5, 0.6) is 5.75 Å². The highest BCUT2D eigenvalue weighted by molar-refractivity contribution is 5.72. The molecule has 7 nitrogen and oxygen atoms in total. The summed E-state index contributed by atoms with van der Waals surface area (Å²) in [6.45, 7) is 1.54. The van der Waals surface area contributed by atoms with Crippen molar-refractivity contribution < 1.29 is 9.13 Å². The Balaban J connectivity index is 2.12. The van der Waals surface area contributed by atoms with Gasteiger partial charge in [-0.1, -0.05) is 6.07 Å². The molecule has 1 saturated heterocycles. The van der Waals surface area contributed by atoms with Gasteiger partial charge in [0, 0.05) is 0 Å². The number of halogens is 1. The summed E-state index contributed by atoms with van der Waals surface area (Å²) in [5.74, 6) is -0.704. The summed E-state index contributed by atoms with van der Waals surface area (Å²) in [5.41, 5.74) is -0.533. The average Bonchev–Trinajstić information content (AvgIpc) is 2.63. The van der Waals surface area contributed by atoms with E-state index in [4.69, 9.17) is 10.00 Å². The Labute approximate surface area is 142 Å². The van der Waals surface area contributed by atoms with Gasteiger partial charge in [0.25, 0.3) is 5.56 Å². The van der Waals surface area contributed by atoms with Crippen molar-refractivity contribution >= 4 is 0 Å². The molecule has 0 atom stereocenters. The maximum Gasteiger partial charge on any atom is 0.275 e. The summed E-state index contributed by atoms with van der Waals surface area (Å²) in [5, 5.41) is 27.3. The summed E-state index contributed by atoms with van der Waals surface area (Å²) in [4.78, 5) is 12.3. The lowest BCUT2D eigenvalue weighted by molar-refractivity contribution is 0.161. The van der Waals surface area contributed by atoms with E-state index in [9.17, 15) is 14.4 Å². The predicted molar refractivity (Wildman–Crippen MR) is 86.2 cm³/mol. The molecule has 0 unspecified atom stereocenters. The van der Waals surface area contributed by atoms with Crippen LogP contribution in [0.1, 0.15) is 24.1 Å². The van der Waals surface area contributed by atoms with Crippen molar-refractivity contribution in [2.75, 3.05) is 13.1 Å². The van der Waals surface area contributed by atoms with E-state index in [1.807, 2.05) is 6.07 Å². The summed E-state index contributed by atoms with van der Waals surface area (Å²) in [6.07, 6.45) is 1.27. The highest BCUT2D eigenvalue weighted by Crippen LogP contribution is 2.31. The summed E-state index contributed by atoms with van der Waals surface area (Å²) in [6, 6.07) is 7.43. The normalized spacial score (nSPS) is 14.5. The minimum Gasteiger partial charge on any atom is -0.486 e.